The van der Waals surface area contributed by atoms with Crippen LogP contribution in [0.5, 0.6) is 5.75 Å². The van der Waals surface area contributed by atoms with Gasteiger partial charge in [-0.3, -0.25) is 9.48 Å². The predicted octanol–water partition coefficient (Wildman–Crippen LogP) is 3.12. The molecule has 0 saturated heterocycles. The van der Waals surface area contributed by atoms with Crippen molar-refractivity contribution >= 4 is 11.6 Å². The number of nitrogens with one attached hydrogen (secondary N) is 1. The molecule has 0 atom stereocenters. The minimum atomic E-state index is -0.207. The van der Waals surface area contributed by atoms with Crippen LogP contribution >= 0.6 is 0 Å². The summed E-state index contributed by atoms with van der Waals surface area (Å²) in [6.07, 6.45) is 0. The Labute approximate surface area is 124 Å². The van der Waals surface area contributed by atoms with E-state index in [1.165, 1.54) is 0 Å². The first-order valence-electron chi connectivity index (χ1n) is 6.95. The molecule has 0 unspecified atom stereocenters. The second-order valence-electron chi connectivity index (χ2n) is 5.63. The van der Waals surface area contributed by atoms with Crippen molar-refractivity contribution < 1.29 is 9.90 Å². The minimum absolute atomic E-state index is 0.181. The summed E-state index contributed by atoms with van der Waals surface area (Å²) >= 11 is 0. The van der Waals surface area contributed by atoms with Gasteiger partial charge in [0.25, 0.3) is 5.91 Å². The van der Waals surface area contributed by atoms with Crippen molar-refractivity contribution in [3.05, 3.63) is 40.7 Å². The Morgan fingerprint density at radius 1 is 1.29 bits per heavy atom. The first-order valence-corrected chi connectivity index (χ1v) is 6.95. The molecule has 1 amide bonds. The van der Waals surface area contributed by atoms with Gasteiger partial charge in [0.1, 0.15) is 11.4 Å². The molecule has 2 N–H and O–H groups in total. The second-order valence-corrected chi connectivity index (χ2v) is 5.63. The van der Waals surface area contributed by atoms with E-state index in [9.17, 15) is 9.90 Å². The minimum Gasteiger partial charge on any atom is -0.508 e. The molecule has 0 aliphatic carbocycles. The number of phenols is 1. The molecular formula is C16H21N3O2. The van der Waals surface area contributed by atoms with E-state index in [1.807, 2.05) is 33.8 Å². The number of phenolic OH excluding ortho intramolecular Hbond substituents is 1. The lowest BCUT2D eigenvalue weighted by Crippen LogP contribution is -2.17. The molecule has 0 fully saturated rings. The van der Waals surface area contributed by atoms with Crippen molar-refractivity contribution in [3.8, 4) is 5.75 Å². The summed E-state index contributed by atoms with van der Waals surface area (Å²) in [5.41, 5.74) is 3.65. The van der Waals surface area contributed by atoms with Gasteiger partial charge in [-0.25, -0.2) is 0 Å². The number of nitrogens with zero attached hydrogens (tertiary/aromatic N) is 2. The molecule has 21 heavy (non-hydrogen) atoms. The van der Waals surface area contributed by atoms with E-state index in [0.717, 1.165) is 16.8 Å². The summed E-state index contributed by atoms with van der Waals surface area (Å²) in [5, 5.41) is 17.0. The van der Waals surface area contributed by atoms with Crippen molar-refractivity contribution in [3.63, 3.8) is 0 Å². The Balaban J connectivity index is 2.33. The van der Waals surface area contributed by atoms with Crippen LogP contribution in [0.1, 0.15) is 47.1 Å². The van der Waals surface area contributed by atoms with Gasteiger partial charge in [-0.05, 0) is 49.1 Å². The molecule has 0 spiro atoms. The van der Waals surface area contributed by atoms with Crippen LogP contribution < -0.4 is 5.32 Å². The molecule has 1 aromatic carbocycles. The Morgan fingerprint density at radius 3 is 2.48 bits per heavy atom. The average Bonchev–Trinajstić information content (AvgIpc) is 2.71. The molecule has 0 aliphatic heterocycles. The smallest absolute Gasteiger partial charge is 0.273 e. The van der Waals surface area contributed by atoms with E-state index in [2.05, 4.69) is 10.4 Å². The molecule has 0 radical (unpaired) electrons. The third-order valence-electron chi connectivity index (χ3n) is 3.48. The largest absolute Gasteiger partial charge is 0.508 e. The van der Waals surface area contributed by atoms with E-state index < -0.39 is 0 Å². The Bertz CT molecular complexity index is 687. The highest BCUT2D eigenvalue weighted by Crippen LogP contribution is 2.31. The molecule has 5 heteroatoms. The van der Waals surface area contributed by atoms with E-state index in [0.29, 0.717) is 11.4 Å². The summed E-state index contributed by atoms with van der Waals surface area (Å²) in [6.45, 7) is 7.70. The van der Waals surface area contributed by atoms with Crippen LogP contribution in [0.2, 0.25) is 0 Å². The lowest BCUT2D eigenvalue weighted by Gasteiger charge is -2.14. The zero-order valence-corrected chi connectivity index (χ0v) is 13.1. The molecule has 112 valence electrons. The number of aromatic hydroxyl groups is 1. The average molecular weight is 287 g/mol. The van der Waals surface area contributed by atoms with Crippen LogP contribution in [0.15, 0.2) is 18.2 Å². The lowest BCUT2D eigenvalue weighted by atomic mass is 9.99. The van der Waals surface area contributed by atoms with E-state index in [1.54, 1.807) is 23.9 Å². The molecule has 0 saturated carbocycles. The van der Waals surface area contributed by atoms with Gasteiger partial charge in [0.2, 0.25) is 0 Å². The fraction of sp³-hybridized carbons (Fsp3) is 0.375. The molecule has 1 aromatic heterocycles. The molecule has 0 aliphatic rings. The maximum atomic E-state index is 12.3. The topological polar surface area (TPSA) is 67.2 Å². The highest BCUT2D eigenvalue weighted by Gasteiger charge is 2.15. The molecule has 0 bridgehead atoms. The first-order chi connectivity index (χ1) is 9.79. The SMILES string of the molecule is Cc1cc(C(=O)Nc2cc(C(C)C)c(O)cc2C)n(C)n1. The van der Waals surface area contributed by atoms with Crippen LogP contribution in [-0.4, -0.2) is 20.8 Å². The summed E-state index contributed by atoms with van der Waals surface area (Å²) in [7, 11) is 1.74. The monoisotopic (exact) mass is 287 g/mol. The summed E-state index contributed by atoms with van der Waals surface area (Å²) in [4.78, 5) is 12.3. The summed E-state index contributed by atoms with van der Waals surface area (Å²) < 4.78 is 1.56. The normalized spacial score (nSPS) is 11.0. The number of aryl methyl sites for hydroxylation is 3. The van der Waals surface area contributed by atoms with Crippen LogP contribution in [0.25, 0.3) is 0 Å². The highest BCUT2D eigenvalue weighted by atomic mass is 16.3. The fourth-order valence-electron chi connectivity index (χ4n) is 2.32. The number of amides is 1. The van der Waals surface area contributed by atoms with Crippen molar-refractivity contribution in [1.29, 1.82) is 0 Å². The predicted molar refractivity (Wildman–Crippen MR) is 82.8 cm³/mol. The number of hydrogen-bond acceptors (Lipinski definition) is 3. The Hall–Kier alpha value is -2.30. The summed E-state index contributed by atoms with van der Waals surface area (Å²) in [6, 6.07) is 5.25. The number of rotatable bonds is 3. The number of carbonyl (C=O) groups is 1. The van der Waals surface area contributed by atoms with Gasteiger partial charge >= 0.3 is 0 Å². The third-order valence-corrected chi connectivity index (χ3v) is 3.48. The van der Waals surface area contributed by atoms with Crippen molar-refractivity contribution in [2.75, 3.05) is 5.32 Å². The third kappa shape index (κ3) is 3.07. The zero-order valence-electron chi connectivity index (χ0n) is 13.1. The molecule has 1 heterocycles. The van der Waals surface area contributed by atoms with Gasteiger partial charge in [0.05, 0.1) is 5.69 Å². The number of benzene rings is 1. The van der Waals surface area contributed by atoms with Gasteiger partial charge in [-0.2, -0.15) is 5.10 Å². The summed E-state index contributed by atoms with van der Waals surface area (Å²) in [5.74, 6) is 0.235. The van der Waals surface area contributed by atoms with Gasteiger partial charge in [0, 0.05) is 12.7 Å². The molecule has 5 nitrogen and oxygen atoms in total. The van der Waals surface area contributed by atoms with Crippen LogP contribution in [0, 0.1) is 13.8 Å². The Morgan fingerprint density at radius 2 is 1.95 bits per heavy atom. The fourth-order valence-corrected chi connectivity index (χ4v) is 2.32. The van der Waals surface area contributed by atoms with E-state index in [4.69, 9.17) is 0 Å². The second kappa shape index (κ2) is 5.60. The quantitative estimate of drug-likeness (QED) is 0.852. The maximum absolute atomic E-state index is 12.3. The van der Waals surface area contributed by atoms with Crippen molar-refractivity contribution in [2.24, 2.45) is 7.05 Å². The van der Waals surface area contributed by atoms with Crippen LogP contribution in [0.4, 0.5) is 5.69 Å². The maximum Gasteiger partial charge on any atom is 0.273 e. The van der Waals surface area contributed by atoms with Crippen LogP contribution in [0.3, 0.4) is 0 Å². The van der Waals surface area contributed by atoms with Crippen LogP contribution in [-0.2, 0) is 7.05 Å². The zero-order chi connectivity index (χ0) is 15.7. The Kier molecular flexibility index (Phi) is 4.02. The lowest BCUT2D eigenvalue weighted by molar-refractivity contribution is 0.101. The molecular weight excluding hydrogens is 266 g/mol. The number of anilines is 1. The van der Waals surface area contributed by atoms with E-state index >= 15 is 0 Å². The van der Waals surface area contributed by atoms with Gasteiger partial charge in [-0.15, -0.1) is 0 Å². The van der Waals surface area contributed by atoms with E-state index in [-0.39, 0.29) is 17.6 Å². The number of aromatic nitrogens is 2. The van der Waals surface area contributed by atoms with Gasteiger partial charge in [0.15, 0.2) is 0 Å². The standard InChI is InChI=1S/C16H21N3O2/c1-9(2)12-8-13(10(3)6-15(12)20)17-16(21)14-7-11(4)18-19(14)5/h6-9,20H,1-5H3,(H,17,21). The molecule has 2 rings (SSSR count). The van der Waals surface area contributed by atoms with Crippen molar-refractivity contribution in [2.45, 2.75) is 33.6 Å². The number of hydrogen-bond donors (Lipinski definition) is 2. The highest BCUT2D eigenvalue weighted by molar-refractivity contribution is 6.03. The number of carbonyl (C=O) groups excluding carboxylic acids is 1. The first kappa shape index (κ1) is 15.1. The van der Waals surface area contributed by atoms with Crippen molar-refractivity contribution in [1.82, 2.24) is 9.78 Å². The van der Waals surface area contributed by atoms with Gasteiger partial charge < -0.3 is 10.4 Å². The van der Waals surface area contributed by atoms with Gasteiger partial charge in [-0.1, -0.05) is 13.8 Å². The molecule has 2 aromatic rings.